The van der Waals surface area contributed by atoms with Gasteiger partial charge < -0.3 is 9.84 Å². The Labute approximate surface area is 95.9 Å². The summed E-state index contributed by atoms with van der Waals surface area (Å²) >= 11 is 0. The van der Waals surface area contributed by atoms with E-state index >= 15 is 0 Å². The van der Waals surface area contributed by atoms with Gasteiger partial charge in [0.15, 0.2) is 5.76 Å². The van der Waals surface area contributed by atoms with Gasteiger partial charge in [-0.15, -0.1) is 0 Å². The molecule has 16 heavy (non-hydrogen) atoms. The van der Waals surface area contributed by atoms with Gasteiger partial charge in [0.1, 0.15) is 0 Å². The Morgan fingerprint density at radius 1 is 1.31 bits per heavy atom. The van der Waals surface area contributed by atoms with Crippen molar-refractivity contribution >= 4 is 6.08 Å². The molecule has 2 saturated heterocycles. The molecular weight excluding hydrogens is 200 g/mol. The van der Waals surface area contributed by atoms with Gasteiger partial charge in [-0.1, -0.05) is 17.7 Å². The van der Waals surface area contributed by atoms with Gasteiger partial charge >= 0.3 is 0 Å². The van der Waals surface area contributed by atoms with Crippen LogP contribution >= 0.6 is 0 Å². The topological polar surface area (TPSA) is 38.1 Å². The zero-order valence-corrected chi connectivity index (χ0v) is 9.43. The lowest BCUT2D eigenvalue weighted by Crippen LogP contribution is -2.31. The van der Waals surface area contributed by atoms with E-state index in [9.17, 15) is 0 Å². The Kier molecular flexibility index (Phi) is 2.79. The molecule has 3 unspecified atom stereocenters. The summed E-state index contributed by atoms with van der Waals surface area (Å²) in [5, 5.41) is 7.45. The van der Waals surface area contributed by atoms with Crippen LogP contribution in [0, 0.1) is 5.92 Å². The molecule has 2 aliphatic heterocycles. The van der Waals surface area contributed by atoms with Crippen molar-refractivity contribution in [2.75, 3.05) is 0 Å². The molecule has 3 nitrogen and oxygen atoms in total. The molecule has 0 saturated carbocycles. The van der Waals surface area contributed by atoms with E-state index in [2.05, 4.69) is 22.6 Å². The second-order valence-corrected chi connectivity index (χ2v) is 4.92. The molecule has 3 heteroatoms. The SMILES string of the molecule is C(=CC1CCCC2CCC1N2)c1ccno1. The molecule has 1 N–H and O–H groups in total. The van der Waals surface area contributed by atoms with Crippen LogP contribution in [-0.2, 0) is 0 Å². The summed E-state index contributed by atoms with van der Waals surface area (Å²) in [6.07, 6.45) is 12.7. The van der Waals surface area contributed by atoms with E-state index in [0.717, 1.165) is 11.8 Å². The Morgan fingerprint density at radius 2 is 2.31 bits per heavy atom. The molecule has 2 aliphatic rings. The van der Waals surface area contributed by atoms with Gasteiger partial charge in [0, 0.05) is 18.2 Å². The van der Waals surface area contributed by atoms with Crippen LogP contribution < -0.4 is 5.32 Å². The lowest BCUT2D eigenvalue weighted by molar-refractivity contribution is 0.411. The first kappa shape index (κ1) is 10.1. The van der Waals surface area contributed by atoms with Gasteiger partial charge in [0.2, 0.25) is 0 Å². The highest BCUT2D eigenvalue weighted by Gasteiger charge is 2.31. The summed E-state index contributed by atoms with van der Waals surface area (Å²) in [6, 6.07) is 3.37. The summed E-state index contributed by atoms with van der Waals surface area (Å²) in [5.74, 6) is 1.52. The van der Waals surface area contributed by atoms with E-state index in [1.54, 1.807) is 6.20 Å². The van der Waals surface area contributed by atoms with Crippen molar-refractivity contribution in [3.63, 3.8) is 0 Å². The van der Waals surface area contributed by atoms with E-state index in [-0.39, 0.29) is 0 Å². The Balaban J connectivity index is 1.69. The van der Waals surface area contributed by atoms with Crippen molar-refractivity contribution in [1.82, 2.24) is 10.5 Å². The largest absolute Gasteiger partial charge is 0.357 e. The van der Waals surface area contributed by atoms with Crippen LogP contribution in [0.15, 0.2) is 22.9 Å². The van der Waals surface area contributed by atoms with Crippen LogP contribution in [0.5, 0.6) is 0 Å². The van der Waals surface area contributed by atoms with Crippen molar-refractivity contribution < 1.29 is 4.52 Å². The molecule has 3 rings (SSSR count). The maximum atomic E-state index is 5.08. The first-order chi connectivity index (χ1) is 7.92. The lowest BCUT2D eigenvalue weighted by Gasteiger charge is -2.18. The highest BCUT2D eigenvalue weighted by Crippen LogP contribution is 2.30. The fraction of sp³-hybridized carbons (Fsp3) is 0.615. The molecule has 0 aliphatic carbocycles. The van der Waals surface area contributed by atoms with Crippen LogP contribution in [0.4, 0.5) is 0 Å². The van der Waals surface area contributed by atoms with Crippen LogP contribution in [0.2, 0.25) is 0 Å². The van der Waals surface area contributed by atoms with Crippen molar-refractivity contribution in [2.45, 2.75) is 44.2 Å². The third kappa shape index (κ3) is 2.05. The van der Waals surface area contributed by atoms with Gasteiger partial charge in [-0.3, -0.25) is 0 Å². The van der Waals surface area contributed by atoms with E-state index < -0.39 is 0 Å². The number of fused-ring (bicyclic) bond motifs is 2. The van der Waals surface area contributed by atoms with E-state index in [1.165, 1.54) is 32.1 Å². The lowest BCUT2D eigenvalue weighted by atomic mass is 9.90. The Hall–Kier alpha value is -1.09. The molecule has 2 fully saturated rings. The predicted octanol–water partition coefficient (Wildman–Crippen LogP) is 2.61. The second-order valence-electron chi connectivity index (χ2n) is 4.92. The van der Waals surface area contributed by atoms with Crippen LogP contribution in [0.1, 0.15) is 37.9 Å². The normalized spacial score (nSPS) is 34.4. The standard InChI is InChI=1S/C13H18N2O/c1-2-10(4-6-12-8-9-14-16-12)13-7-5-11(3-1)15-13/h4,6,8-11,13,15H,1-3,5,7H2. The number of rotatable bonds is 2. The molecule has 0 amide bonds. The highest BCUT2D eigenvalue weighted by molar-refractivity contribution is 5.42. The minimum Gasteiger partial charge on any atom is -0.357 e. The minimum atomic E-state index is 0.664. The average Bonchev–Trinajstić information content (AvgIpc) is 2.88. The van der Waals surface area contributed by atoms with Crippen molar-refractivity contribution in [2.24, 2.45) is 5.92 Å². The predicted molar refractivity (Wildman–Crippen MR) is 62.8 cm³/mol. The Morgan fingerprint density at radius 3 is 3.19 bits per heavy atom. The number of aromatic nitrogens is 1. The van der Waals surface area contributed by atoms with Gasteiger partial charge in [-0.2, -0.15) is 0 Å². The molecule has 0 radical (unpaired) electrons. The third-order valence-electron chi connectivity index (χ3n) is 3.85. The summed E-state index contributed by atoms with van der Waals surface area (Å²) < 4.78 is 5.08. The van der Waals surface area contributed by atoms with Gasteiger partial charge in [-0.05, 0) is 37.7 Å². The van der Waals surface area contributed by atoms with Gasteiger partial charge in [0.05, 0.1) is 6.20 Å². The first-order valence-electron chi connectivity index (χ1n) is 6.27. The van der Waals surface area contributed by atoms with Crippen molar-refractivity contribution in [3.05, 3.63) is 24.1 Å². The first-order valence-corrected chi connectivity index (χ1v) is 6.27. The number of nitrogens with one attached hydrogen (secondary N) is 1. The van der Waals surface area contributed by atoms with Crippen molar-refractivity contribution in [3.8, 4) is 0 Å². The molecule has 1 aromatic rings. The van der Waals surface area contributed by atoms with E-state index in [1.807, 2.05) is 6.07 Å². The zero-order chi connectivity index (χ0) is 10.8. The molecule has 2 bridgehead atoms. The zero-order valence-electron chi connectivity index (χ0n) is 9.43. The summed E-state index contributed by atoms with van der Waals surface area (Å²) in [7, 11) is 0. The number of hydrogen-bond donors (Lipinski definition) is 1. The third-order valence-corrected chi connectivity index (χ3v) is 3.85. The maximum absolute atomic E-state index is 5.08. The highest BCUT2D eigenvalue weighted by atomic mass is 16.5. The maximum Gasteiger partial charge on any atom is 0.159 e. The van der Waals surface area contributed by atoms with Gasteiger partial charge in [0.25, 0.3) is 0 Å². The molecule has 86 valence electrons. The van der Waals surface area contributed by atoms with Crippen LogP contribution in [0.3, 0.4) is 0 Å². The molecule has 0 aromatic carbocycles. The molecule has 1 aromatic heterocycles. The number of nitrogens with zero attached hydrogens (tertiary/aromatic N) is 1. The monoisotopic (exact) mass is 218 g/mol. The van der Waals surface area contributed by atoms with Crippen LogP contribution in [0.25, 0.3) is 6.08 Å². The summed E-state index contributed by atoms with van der Waals surface area (Å²) in [6.45, 7) is 0. The smallest absolute Gasteiger partial charge is 0.159 e. The number of hydrogen-bond acceptors (Lipinski definition) is 3. The van der Waals surface area contributed by atoms with E-state index in [0.29, 0.717) is 12.0 Å². The Bertz CT molecular complexity index is 358. The van der Waals surface area contributed by atoms with Crippen molar-refractivity contribution in [1.29, 1.82) is 0 Å². The average molecular weight is 218 g/mol. The van der Waals surface area contributed by atoms with Gasteiger partial charge in [-0.25, -0.2) is 0 Å². The molecule has 3 heterocycles. The van der Waals surface area contributed by atoms with E-state index in [4.69, 9.17) is 4.52 Å². The van der Waals surface area contributed by atoms with Crippen LogP contribution in [-0.4, -0.2) is 17.2 Å². The molecule has 3 atom stereocenters. The molecule has 0 spiro atoms. The quantitative estimate of drug-likeness (QED) is 0.829. The summed E-state index contributed by atoms with van der Waals surface area (Å²) in [5.41, 5.74) is 0. The second kappa shape index (κ2) is 4.42. The fourth-order valence-corrected chi connectivity index (χ4v) is 2.98. The minimum absolute atomic E-state index is 0.664. The summed E-state index contributed by atoms with van der Waals surface area (Å²) in [4.78, 5) is 0. The molecular formula is C13H18N2O. The fourth-order valence-electron chi connectivity index (χ4n) is 2.98.